The molecule has 0 saturated carbocycles. The third-order valence-corrected chi connectivity index (χ3v) is 3.68. The zero-order valence-corrected chi connectivity index (χ0v) is 11.3. The van der Waals surface area contributed by atoms with Gasteiger partial charge in [-0.15, -0.1) is 0 Å². The number of benzene rings is 1. The van der Waals surface area contributed by atoms with E-state index in [1.807, 2.05) is 19.2 Å². The van der Waals surface area contributed by atoms with Crippen molar-refractivity contribution in [3.05, 3.63) is 24.3 Å². The van der Waals surface area contributed by atoms with Crippen LogP contribution in [0.2, 0.25) is 0 Å². The second-order valence-electron chi connectivity index (χ2n) is 4.92. The molecule has 2 rings (SSSR count). The molecule has 0 spiro atoms. The maximum absolute atomic E-state index is 12.1. The summed E-state index contributed by atoms with van der Waals surface area (Å²) in [5, 5.41) is 3.31. The number of rotatable bonds is 4. The minimum atomic E-state index is -2.77. The minimum Gasteiger partial charge on any atom is -0.435 e. The van der Waals surface area contributed by atoms with E-state index in [-0.39, 0.29) is 5.75 Å². The lowest BCUT2D eigenvalue weighted by molar-refractivity contribution is -0.0498. The number of halogens is 2. The van der Waals surface area contributed by atoms with Crippen LogP contribution in [0, 0.1) is 0 Å². The van der Waals surface area contributed by atoms with Crippen LogP contribution in [0.4, 0.5) is 14.5 Å². The van der Waals surface area contributed by atoms with Gasteiger partial charge in [0.05, 0.1) is 0 Å². The molecular weight excluding hydrogens is 250 g/mol. The molecule has 1 heterocycles. The fourth-order valence-corrected chi connectivity index (χ4v) is 2.64. The highest BCUT2D eigenvalue weighted by Gasteiger charge is 2.24. The molecule has 19 heavy (non-hydrogen) atoms. The van der Waals surface area contributed by atoms with Gasteiger partial charge in [-0.3, -0.25) is 0 Å². The predicted octanol–water partition coefficient (Wildman–Crippen LogP) is 2.86. The summed E-state index contributed by atoms with van der Waals surface area (Å²) < 4.78 is 28.5. The number of alkyl halides is 2. The maximum atomic E-state index is 12.1. The molecule has 0 amide bonds. The van der Waals surface area contributed by atoms with Gasteiger partial charge in [-0.1, -0.05) is 0 Å². The van der Waals surface area contributed by atoms with E-state index in [2.05, 4.69) is 21.9 Å². The monoisotopic (exact) mass is 270 g/mol. The van der Waals surface area contributed by atoms with Gasteiger partial charge in [0.25, 0.3) is 0 Å². The summed E-state index contributed by atoms with van der Waals surface area (Å²) in [6.07, 6.45) is 2.18. The van der Waals surface area contributed by atoms with Crippen LogP contribution >= 0.6 is 0 Å². The van der Waals surface area contributed by atoms with Crippen molar-refractivity contribution >= 4 is 5.69 Å². The molecule has 1 aromatic carbocycles. The van der Waals surface area contributed by atoms with Crippen LogP contribution in [0.25, 0.3) is 0 Å². The highest BCUT2D eigenvalue weighted by molar-refractivity contribution is 5.50. The second-order valence-corrected chi connectivity index (χ2v) is 4.92. The fourth-order valence-electron chi connectivity index (χ4n) is 2.64. The Morgan fingerprint density at radius 3 is 2.53 bits per heavy atom. The van der Waals surface area contributed by atoms with Gasteiger partial charge in [0.15, 0.2) is 0 Å². The molecule has 1 fully saturated rings. The van der Waals surface area contributed by atoms with Crippen LogP contribution in [0.3, 0.4) is 0 Å². The van der Waals surface area contributed by atoms with Crippen molar-refractivity contribution in [1.29, 1.82) is 0 Å². The SMILES string of the molecule is CNC1CCN(c2ccc(OC(F)F)cc2)C(C)C1. The Morgan fingerprint density at radius 1 is 1.32 bits per heavy atom. The van der Waals surface area contributed by atoms with Gasteiger partial charge in [0.2, 0.25) is 0 Å². The van der Waals surface area contributed by atoms with Crippen molar-refractivity contribution in [2.24, 2.45) is 0 Å². The first-order chi connectivity index (χ1) is 9.10. The molecular formula is C14H20F2N2O. The van der Waals surface area contributed by atoms with Crippen LogP contribution in [0.15, 0.2) is 24.3 Å². The molecule has 3 nitrogen and oxygen atoms in total. The van der Waals surface area contributed by atoms with Crippen molar-refractivity contribution in [3.63, 3.8) is 0 Å². The van der Waals surface area contributed by atoms with E-state index in [0.717, 1.165) is 25.1 Å². The third kappa shape index (κ3) is 3.56. The topological polar surface area (TPSA) is 24.5 Å². The third-order valence-electron chi connectivity index (χ3n) is 3.68. The first kappa shape index (κ1) is 14.1. The molecule has 1 aliphatic heterocycles. The molecule has 0 aliphatic carbocycles. The largest absolute Gasteiger partial charge is 0.435 e. The van der Waals surface area contributed by atoms with Crippen LogP contribution < -0.4 is 15.0 Å². The number of nitrogens with zero attached hydrogens (tertiary/aromatic N) is 1. The number of anilines is 1. The van der Waals surface area contributed by atoms with Crippen LogP contribution in [-0.4, -0.2) is 32.3 Å². The molecule has 1 aliphatic rings. The summed E-state index contributed by atoms with van der Waals surface area (Å²) in [6.45, 7) is 0.394. The zero-order chi connectivity index (χ0) is 13.8. The van der Waals surface area contributed by atoms with Gasteiger partial charge < -0.3 is 15.0 Å². The lowest BCUT2D eigenvalue weighted by Gasteiger charge is -2.39. The fraction of sp³-hybridized carbons (Fsp3) is 0.571. The van der Waals surface area contributed by atoms with Gasteiger partial charge >= 0.3 is 6.61 Å². The van der Waals surface area contributed by atoms with E-state index in [1.165, 1.54) is 0 Å². The van der Waals surface area contributed by atoms with Gasteiger partial charge in [-0.05, 0) is 51.1 Å². The van der Waals surface area contributed by atoms with Crippen molar-refractivity contribution in [3.8, 4) is 5.75 Å². The number of piperidine rings is 1. The van der Waals surface area contributed by atoms with Crippen LogP contribution in [0.5, 0.6) is 5.75 Å². The Hall–Kier alpha value is -1.36. The van der Waals surface area contributed by atoms with Crippen molar-refractivity contribution in [1.82, 2.24) is 5.32 Å². The molecule has 0 bridgehead atoms. The van der Waals surface area contributed by atoms with E-state index in [0.29, 0.717) is 12.1 Å². The Kier molecular flexibility index (Phi) is 4.58. The first-order valence-corrected chi connectivity index (χ1v) is 6.59. The van der Waals surface area contributed by atoms with Crippen molar-refractivity contribution < 1.29 is 13.5 Å². The summed E-state index contributed by atoms with van der Waals surface area (Å²) in [5.41, 5.74) is 1.06. The van der Waals surface area contributed by atoms with E-state index in [1.54, 1.807) is 12.1 Å². The first-order valence-electron chi connectivity index (χ1n) is 6.59. The van der Waals surface area contributed by atoms with Gasteiger partial charge in [0.1, 0.15) is 5.75 Å². The summed E-state index contributed by atoms with van der Waals surface area (Å²) >= 11 is 0. The predicted molar refractivity (Wildman–Crippen MR) is 72.0 cm³/mol. The van der Waals surface area contributed by atoms with E-state index in [4.69, 9.17) is 0 Å². The van der Waals surface area contributed by atoms with Gasteiger partial charge in [0, 0.05) is 24.3 Å². The van der Waals surface area contributed by atoms with Crippen molar-refractivity contribution in [2.45, 2.75) is 38.5 Å². The Balaban J connectivity index is 2.02. The van der Waals surface area contributed by atoms with E-state index < -0.39 is 6.61 Å². The second kappa shape index (κ2) is 6.19. The summed E-state index contributed by atoms with van der Waals surface area (Å²) in [7, 11) is 1.99. The highest BCUT2D eigenvalue weighted by Crippen LogP contribution is 2.27. The average molecular weight is 270 g/mol. The molecule has 5 heteroatoms. The Labute approximate surface area is 112 Å². The van der Waals surface area contributed by atoms with E-state index >= 15 is 0 Å². The normalized spacial score (nSPS) is 23.7. The maximum Gasteiger partial charge on any atom is 0.387 e. The molecule has 0 aromatic heterocycles. The number of nitrogens with one attached hydrogen (secondary N) is 1. The quantitative estimate of drug-likeness (QED) is 0.910. The zero-order valence-electron chi connectivity index (χ0n) is 11.3. The molecule has 2 atom stereocenters. The average Bonchev–Trinajstić information content (AvgIpc) is 2.39. The smallest absolute Gasteiger partial charge is 0.387 e. The lowest BCUT2D eigenvalue weighted by atomic mass is 9.98. The molecule has 1 saturated heterocycles. The summed E-state index contributed by atoms with van der Waals surface area (Å²) in [5.74, 6) is 0.205. The lowest BCUT2D eigenvalue weighted by Crippen LogP contribution is -2.46. The highest BCUT2D eigenvalue weighted by atomic mass is 19.3. The Bertz CT molecular complexity index is 397. The molecule has 0 radical (unpaired) electrons. The number of hydrogen-bond acceptors (Lipinski definition) is 3. The van der Waals surface area contributed by atoms with E-state index in [9.17, 15) is 8.78 Å². The van der Waals surface area contributed by atoms with Crippen molar-refractivity contribution in [2.75, 3.05) is 18.5 Å². The van der Waals surface area contributed by atoms with Gasteiger partial charge in [-0.2, -0.15) is 8.78 Å². The summed E-state index contributed by atoms with van der Waals surface area (Å²) in [6, 6.07) is 7.87. The Morgan fingerprint density at radius 2 is 2.00 bits per heavy atom. The van der Waals surface area contributed by atoms with Crippen LogP contribution in [0.1, 0.15) is 19.8 Å². The molecule has 1 N–H and O–H groups in total. The molecule has 2 unspecified atom stereocenters. The number of hydrogen-bond donors (Lipinski definition) is 1. The number of ether oxygens (including phenoxy) is 1. The van der Waals surface area contributed by atoms with Gasteiger partial charge in [-0.25, -0.2) is 0 Å². The van der Waals surface area contributed by atoms with Crippen LogP contribution in [-0.2, 0) is 0 Å². The molecule has 1 aromatic rings. The molecule has 106 valence electrons. The summed E-state index contributed by atoms with van der Waals surface area (Å²) in [4.78, 5) is 2.31. The standard InChI is InChI=1S/C14H20F2N2O/c1-10-9-11(17-2)7-8-18(10)12-3-5-13(6-4-12)19-14(15)16/h3-6,10-11,14,17H,7-9H2,1-2H3. The minimum absolute atomic E-state index is 0.205.